The van der Waals surface area contributed by atoms with Crippen LogP contribution in [-0.2, 0) is 0 Å². The first-order chi connectivity index (χ1) is 10.3. The molecular formula is C21H32. The zero-order valence-corrected chi connectivity index (χ0v) is 13.7. The molecule has 6 saturated carbocycles. The van der Waals surface area contributed by atoms with Crippen molar-refractivity contribution in [3.05, 3.63) is 0 Å². The zero-order chi connectivity index (χ0) is 13.7. The van der Waals surface area contributed by atoms with E-state index in [-0.39, 0.29) is 0 Å². The van der Waals surface area contributed by atoms with E-state index in [1.165, 1.54) is 47.3 Å². The SMILES string of the molecule is CC1CCC2CC1CC1C3CC(CC4CC5CCC5C43)C21. The third-order valence-corrected chi connectivity index (χ3v) is 9.91. The lowest BCUT2D eigenvalue weighted by atomic mass is 9.57. The molecule has 0 nitrogen and oxygen atoms in total. The van der Waals surface area contributed by atoms with Gasteiger partial charge in [-0.2, -0.15) is 0 Å². The van der Waals surface area contributed by atoms with E-state index in [9.17, 15) is 0 Å². The van der Waals surface area contributed by atoms with Gasteiger partial charge in [-0.25, -0.2) is 0 Å². The van der Waals surface area contributed by atoms with Crippen LogP contribution in [0.5, 0.6) is 0 Å². The molecule has 6 rings (SSSR count). The number of rotatable bonds is 0. The highest BCUT2D eigenvalue weighted by atomic mass is 14.7. The molecule has 0 radical (unpaired) electrons. The summed E-state index contributed by atoms with van der Waals surface area (Å²) in [5.74, 6) is 12.9. The lowest BCUT2D eigenvalue weighted by Crippen LogP contribution is -2.40. The van der Waals surface area contributed by atoms with Crippen LogP contribution < -0.4 is 0 Å². The summed E-state index contributed by atoms with van der Waals surface area (Å²) >= 11 is 0. The fraction of sp³-hybridized carbons (Fsp3) is 1.00. The van der Waals surface area contributed by atoms with Crippen LogP contribution in [0.3, 0.4) is 0 Å². The first-order valence-corrected chi connectivity index (χ1v) is 10.3. The van der Waals surface area contributed by atoms with Crippen LogP contribution in [0, 0.1) is 65.1 Å². The Bertz CT molecular complexity index is 453. The minimum absolute atomic E-state index is 1.05. The molecule has 6 aliphatic carbocycles. The fourth-order valence-corrected chi connectivity index (χ4v) is 9.16. The molecule has 0 heteroatoms. The van der Waals surface area contributed by atoms with Gasteiger partial charge in [0.05, 0.1) is 0 Å². The van der Waals surface area contributed by atoms with E-state index < -0.39 is 0 Å². The van der Waals surface area contributed by atoms with Crippen LogP contribution in [0.15, 0.2) is 0 Å². The highest BCUT2D eigenvalue weighted by molar-refractivity contribution is 5.11. The van der Waals surface area contributed by atoms with Crippen LogP contribution >= 0.6 is 0 Å². The van der Waals surface area contributed by atoms with E-state index >= 15 is 0 Å². The highest BCUT2D eigenvalue weighted by Crippen LogP contribution is 2.70. The second-order valence-electron chi connectivity index (χ2n) is 10.3. The van der Waals surface area contributed by atoms with Crippen molar-refractivity contribution in [1.29, 1.82) is 0 Å². The molecule has 0 aromatic heterocycles. The van der Waals surface area contributed by atoms with E-state index in [0.717, 1.165) is 17.8 Å². The van der Waals surface area contributed by atoms with E-state index in [4.69, 9.17) is 0 Å². The van der Waals surface area contributed by atoms with Gasteiger partial charge in [-0.3, -0.25) is 0 Å². The first kappa shape index (κ1) is 12.4. The molecule has 0 aromatic rings. The summed E-state index contributed by atoms with van der Waals surface area (Å²) in [5, 5.41) is 0. The van der Waals surface area contributed by atoms with Crippen molar-refractivity contribution >= 4 is 0 Å². The van der Waals surface area contributed by atoms with Crippen LogP contribution in [0.25, 0.3) is 0 Å². The first-order valence-electron chi connectivity index (χ1n) is 10.3. The summed E-state index contributed by atoms with van der Waals surface area (Å²) in [6.45, 7) is 2.57. The second kappa shape index (κ2) is 4.09. The predicted octanol–water partition coefficient (Wildman–Crippen LogP) is 5.38. The third kappa shape index (κ3) is 1.49. The maximum Gasteiger partial charge on any atom is -0.0323 e. The summed E-state index contributed by atoms with van der Waals surface area (Å²) in [4.78, 5) is 0. The van der Waals surface area contributed by atoms with Crippen molar-refractivity contribution in [3.8, 4) is 0 Å². The molecular weight excluding hydrogens is 252 g/mol. The molecule has 0 saturated heterocycles. The third-order valence-electron chi connectivity index (χ3n) is 9.91. The summed E-state index contributed by atoms with van der Waals surface area (Å²) in [6.07, 6.45) is 14.7. The van der Waals surface area contributed by atoms with E-state index in [2.05, 4.69) is 6.92 Å². The van der Waals surface area contributed by atoms with Gasteiger partial charge in [-0.15, -0.1) is 0 Å². The number of hydrogen-bond acceptors (Lipinski definition) is 0. The standard InChI is InChI=1S/C21H32/c1-11-2-3-13-7-14(11)9-18-19-10-16(20(13)18)8-15-6-12-4-5-17(12)21(15)19/h11-21H,2-10H2,1H3. The number of fused-ring (bicyclic) bond motifs is 12. The van der Waals surface area contributed by atoms with Gasteiger partial charge < -0.3 is 0 Å². The largest absolute Gasteiger partial charge is 0.0622 e. The van der Waals surface area contributed by atoms with Gasteiger partial charge in [0.1, 0.15) is 0 Å². The molecule has 0 amide bonds. The van der Waals surface area contributed by atoms with Crippen molar-refractivity contribution in [3.63, 3.8) is 0 Å². The summed E-state index contributed by atoms with van der Waals surface area (Å²) in [5.41, 5.74) is 0. The Morgan fingerprint density at radius 3 is 2.00 bits per heavy atom. The van der Waals surface area contributed by atoms with Gasteiger partial charge in [0.15, 0.2) is 0 Å². The van der Waals surface area contributed by atoms with Crippen LogP contribution in [0.2, 0.25) is 0 Å². The van der Waals surface area contributed by atoms with Crippen molar-refractivity contribution in [2.75, 3.05) is 0 Å². The van der Waals surface area contributed by atoms with Gasteiger partial charge in [0.2, 0.25) is 0 Å². The minimum atomic E-state index is 1.05. The van der Waals surface area contributed by atoms with Crippen LogP contribution in [0.4, 0.5) is 0 Å². The lowest BCUT2D eigenvalue weighted by molar-refractivity contribution is 0.00991. The average Bonchev–Trinajstić information content (AvgIpc) is 2.90. The van der Waals surface area contributed by atoms with Gasteiger partial charge in [-0.1, -0.05) is 13.3 Å². The van der Waals surface area contributed by atoms with E-state index in [0.29, 0.717) is 0 Å². The van der Waals surface area contributed by atoms with Crippen molar-refractivity contribution in [1.82, 2.24) is 0 Å². The normalized spacial score (nSPS) is 67.0. The Kier molecular flexibility index (Phi) is 2.42. The summed E-state index contributed by atoms with van der Waals surface area (Å²) < 4.78 is 0. The van der Waals surface area contributed by atoms with Crippen LogP contribution in [-0.4, -0.2) is 0 Å². The van der Waals surface area contributed by atoms with E-state index in [1.807, 2.05) is 0 Å². The lowest BCUT2D eigenvalue weighted by Gasteiger charge is -2.48. The Hall–Kier alpha value is 0. The molecule has 0 aromatic carbocycles. The van der Waals surface area contributed by atoms with E-state index in [1.54, 1.807) is 57.8 Å². The Balaban J connectivity index is 1.36. The van der Waals surface area contributed by atoms with Gasteiger partial charge >= 0.3 is 0 Å². The molecule has 116 valence electrons. The second-order valence-corrected chi connectivity index (χ2v) is 10.3. The average molecular weight is 284 g/mol. The smallest absolute Gasteiger partial charge is 0.0323 e. The molecule has 11 unspecified atom stereocenters. The van der Waals surface area contributed by atoms with Gasteiger partial charge in [0.25, 0.3) is 0 Å². The predicted molar refractivity (Wildman–Crippen MR) is 85.6 cm³/mol. The zero-order valence-electron chi connectivity index (χ0n) is 13.7. The molecule has 11 atom stereocenters. The van der Waals surface area contributed by atoms with Crippen LogP contribution in [0.1, 0.15) is 64.7 Å². The maximum absolute atomic E-state index is 2.57. The van der Waals surface area contributed by atoms with Gasteiger partial charge in [-0.05, 0) is 116 Å². The quantitative estimate of drug-likeness (QED) is 0.560. The Morgan fingerprint density at radius 2 is 1.14 bits per heavy atom. The molecule has 0 aliphatic heterocycles. The maximum atomic E-state index is 2.57. The Morgan fingerprint density at radius 1 is 0.476 bits per heavy atom. The topological polar surface area (TPSA) is 0 Å². The molecule has 6 aliphatic rings. The highest BCUT2D eigenvalue weighted by Gasteiger charge is 2.62. The number of hydrogen-bond donors (Lipinski definition) is 0. The molecule has 0 spiro atoms. The summed E-state index contributed by atoms with van der Waals surface area (Å²) in [7, 11) is 0. The Labute approximate surface area is 130 Å². The molecule has 4 bridgehead atoms. The molecule has 21 heavy (non-hydrogen) atoms. The summed E-state index contributed by atoms with van der Waals surface area (Å²) in [6, 6.07) is 0. The fourth-order valence-electron chi connectivity index (χ4n) is 9.16. The van der Waals surface area contributed by atoms with Crippen molar-refractivity contribution < 1.29 is 0 Å². The molecule has 0 heterocycles. The molecule has 6 fully saturated rings. The molecule has 0 N–H and O–H groups in total. The monoisotopic (exact) mass is 284 g/mol. The van der Waals surface area contributed by atoms with Gasteiger partial charge in [0, 0.05) is 0 Å². The van der Waals surface area contributed by atoms with Crippen molar-refractivity contribution in [2.45, 2.75) is 64.7 Å². The van der Waals surface area contributed by atoms with Crippen molar-refractivity contribution in [2.24, 2.45) is 65.1 Å². The minimum Gasteiger partial charge on any atom is -0.0622 e.